The van der Waals surface area contributed by atoms with E-state index >= 15 is 0 Å². The third kappa shape index (κ3) is 5.06. The molecule has 5 rings (SSSR count). The van der Waals surface area contributed by atoms with Crippen LogP contribution in [-0.2, 0) is 25.7 Å². The van der Waals surface area contributed by atoms with E-state index in [-0.39, 0.29) is 30.2 Å². The number of nitrogens with one attached hydrogen (secondary N) is 2. The molecule has 0 radical (unpaired) electrons. The number of rotatable bonds is 11. The van der Waals surface area contributed by atoms with Gasteiger partial charge in [0.2, 0.25) is 17.7 Å². The monoisotopic (exact) mass is 561 g/mol. The fraction of sp³-hybridized carbons (Fsp3) is 0.545. The maximum absolute atomic E-state index is 14.3. The Morgan fingerprint density at radius 1 is 1.00 bits per heavy atom. The molecule has 0 aliphatic carbocycles. The average molecular weight is 562 g/mol. The van der Waals surface area contributed by atoms with Crippen molar-refractivity contribution in [3.05, 3.63) is 65.2 Å². The Hall–Kier alpha value is -3.23. The van der Waals surface area contributed by atoms with Gasteiger partial charge in [-0.2, -0.15) is 0 Å². The van der Waals surface area contributed by atoms with Crippen molar-refractivity contribution in [2.24, 2.45) is 17.8 Å². The summed E-state index contributed by atoms with van der Waals surface area (Å²) in [7, 11) is 0. The zero-order chi connectivity index (χ0) is 29.4. The molecule has 0 saturated carbocycles. The Kier molecular flexibility index (Phi) is 8.26. The molecule has 8 nitrogen and oxygen atoms in total. The smallest absolute Gasteiger partial charge is 0.250 e. The first-order valence-corrected chi connectivity index (χ1v) is 14.9. The van der Waals surface area contributed by atoms with E-state index in [1.165, 1.54) is 0 Å². The van der Waals surface area contributed by atoms with Gasteiger partial charge in [0, 0.05) is 25.4 Å². The van der Waals surface area contributed by atoms with Crippen LogP contribution in [0.1, 0.15) is 62.6 Å². The summed E-state index contributed by atoms with van der Waals surface area (Å²) in [4.78, 5) is 44.0. The van der Waals surface area contributed by atoms with E-state index in [1.54, 1.807) is 4.90 Å². The predicted octanol–water partition coefficient (Wildman–Crippen LogP) is 4.12. The highest BCUT2D eigenvalue weighted by Gasteiger charge is 2.79. The number of likely N-dealkylation sites (tertiary alicyclic amines) is 1. The molecule has 8 heteroatoms. The van der Waals surface area contributed by atoms with Gasteiger partial charge in [0.25, 0.3) is 0 Å². The number of hydrogen-bond acceptors (Lipinski definition) is 5. The van der Waals surface area contributed by atoms with Gasteiger partial charge in [0.05, 0.1) is 17.4 Å². The van der Waals surface area contributed by atoms with Crippen LogP contribution in [0.15, 0.2) is 48.5 Å². The molecule has 3 aliphatic rings. The van der Waals surface area contributed by atoms with E-state index < -0.39 is 29.1 Å². The van der Waals surface area contributed by atoms with Gasteiger partial charge in [-0.05, 0) is 62.6 Å². The van der Waals surface area contributed by atoms with Crippen molar-refractivity contribution in [3.63, 3.8) is 0 Å². The number of aliphatic hydroxyl groups is 1. The maximum Gasteiger partial charge on any atom is 0.250 e. The maximum atomic E-state index is 14.3. The van der Waals surface area contributed by atoms with E-state index in [1.807, 2.05) is 69.3 Å². The molecule has 3 unspecified atom stereocenters. The van der Waals surface area contributed by atoms with Gasteiger partial charge in [0.1, 0.15) is 11.6 Å². The molecule has 3 heterocycles. The standard InChI is InChI=1S/C33H43N3O5/c1-21-13-12-14-22(2)27(21)35-30(39)28-33-19-23(3)32(4,41-33)25(29(38)34-20-24-15-8-7-9-16-24)26(33)31(40)36(28)17-10-5-6-11-18-37/h7-9,12-16,23,25-26,28,37H,5-6,10-11,17-20H2,1-4H3,(H,34,38)(H,35,39)/t23?,25-,26-,28?,32+,33?/m0/s1. The van der Waals surface area contributed by atoms with Crippen molar-refractivity contribution in [3.8, 4) is 0 Å². The highest BCUT2D eigenvalue weighted by molar-refractivity contribution is 6.04. The van der Waals surface area contributed by atoms with Crippen molar-refractivity contribution in [2.75, 3.05) is 18.5 Å². The molecule has 3 saturated heterocycles. The molecular weight excluding hydrogens is 518 g/mol. The molecule has 6 atom stereocenters. The zero-order valence-electron chi connectivity index (χ0n) is 24.6. The van der Waals surface area contributed by atoms with E-state index in [4.69, 9.17) is 4.74 Å². The van der Waals surface area contributed by atoms with Crippen molar-refractivity contribution in [1.29, 1.82) is 0 Å². The summed E-state index contributed by atoms with van der Waals surface area (Å²) in [5.41, 5.74) is 1.68. The summed E-state index contributed by atoms with van der Waals surface area (Å²) in [6.07, 6.45) is 3.64. The van der Waals surface area contributed by atoms with Gasteiger partial charge >= 0.3 is 0 Å². The molecule has 0 aromatic heterocycles. The summed E-state index contributed by atoms with van der Waals surface area (Å²) in [5, 5.41) is 15.4. The first-order chi connectivity index (χ1) is 19.6. The number of carbonyl (C=O) groups is 3. The molecule has 3 N–H and O–H groups in total. The fourth-order valence-corrected chi connectivity index (χ4v) is 7.53. The van der Waals surface area contributed by atoms with Crippen LogP contribution >= 0.6 is 0 Å². The number of ether oxygens (including phenoxy) is 1. The largest absolute Gasteiger partial charge is 0.396 e. The Balaban J connectivity index is 1.47. The Morgan fingerprint density at radius 2 is 1.68 bits per heavy atom. The van der Waals surface area contributed by atoms with E-state index in [0.717, 1.165) is 35.2 Å². The third-order valence-corrected chi connectivity index (χ3v) is 9.69. The number of anilines is 1. The molecule has 2 bridgehead atoms. The minimum atomic E-state index is -1.08. The first kappa shape index (κ1) is 29.3. The summed E-state index contributed by atoms with van der Waals surface area (Å²) in [6, 6.07) is 14.7. The number of carbonyl (C=O) groups excluding carboxylic acids is 3. The molecule has 3 amide bonds. The van der Waals surface area contributed by atoms with Crippen LogP contribution in [0.3, 0.4) is 0 Å². The summed E-state index contributed by atoms with van der Waals surface area (Å²) < 4.78 is 6.83. The number of fused-ring (bicyclic) bond motifs is 1. The Labute approximate surface area is 242 Å². The number of hydrogen-bond donors (Lipinski definition) is 3. The van der Waals surface area contributed by atoms with Gasteiger partial charge in [0.15, 0.2) is 0 Å². The summed E-state index contributed by atoms with van der Waals surface area (Å²) in [6.45, 7) is 8.81. The Bertz CT molecular complexity index is 1280. The second-order valence-electron chi connectivity index (χ2n) is 12.3. The van der Waals surface area contributed by atoms with Crippen LogP contribution < -0.4 is 10.6 Å². The average Bonchev–Trinajstić information content (AvgIpc) is 3.46. The molecule has 1 spiro atoms. The number of aliphatic hydroxyl groups excluding tert-OH is 1. The van der Waals surface area contributed by atoms with Crippen molar-refractivity contribution in [1.82, 2.24) is 10.2 Å². The first-order valence-electron chi connectivity index (χ1n) is 14.9. The van der Waals surface area contributed by atoms with Crippen LogP contribution in [0.25, 0.3) is 0 Å². The van der Waals surface area contributed by atoms with Crippen LogP contribution in [0.4, 0.5) is 5.69 Å². The topological polar surface area (TPSA) is 108 Å². The van der Waals surface area contributed by atoms with Crippen LogP contribution in [0.5, 0.6) is 0 Å². The molecular formula is C33H43N3O5. The molecule has 220 valence electrons. The number of para-hydroxylation sites is 1. The quantitative estimate of drug-likeness (QED) is 0.358. The number of aryl methyl sites for hydroxylation is 2. The number of unbranched alkanes of at least 4 members (excludes halogenated alkanes) is 3. The lowest BCUT2D eigenvalue weighted by atomic mass is 9.62. The molecule has 3 aliphatic heterocycles. The van der Waals surface area contributed by atoms with E-state index in [2.05, 4.69) is 17.6 Å². The SMILES string of the molecule is Cc1cccc(C)c1NC(=O)C1N(CCCCCCO)C(=O)[C@@H]2[C@@H](C(=O)NCc3ccccc3)[C@]3(C)OC12CC3C. The van der Waals surface area contributed by atoms with Crippen molar-refractivity contribution >= 4 is 23.4 Å². The predicted molar refractivity (Wildman–Crippen MR) is 157 cm³/mol. The number of nitrogens with zero attached hydrogens (tertiary/aromatic N) is 1. The minimum Gasteiger partial charge on any atom is -0.396 e. The minimum absolute atomic E-state index is 0.0148. The zero-order valence-corrected chi connectivity index (χ0v) is 24.6. The van der Waals surface area contributed by atoms with Crippen molar-refractivity contribution < 1.29 is 24.2 Å². The van der Waals surface area contributed by atoms with Gasteiger partial charge in [-0.15, -0.1) is 0 Å². The molecule has 2 aromatic rings. The summed E-state index contributed by atoms with van der Waals surface area (Å²) >= 11 is 0. The second-order valence-corrected chi connectivity index (χ2v) is 12.3. The lowest BCUT2D eigenvalue weighted by Crippen LogP contribution is -2.54. The van der Waals surface area contributed by atoms with E-state index in [0.29, 0.717) is 32.4 Å². The van der Waals surface area contributed by atoms with Gasteiger partial charge in [-0.1, -0.05) is 68.3 Å². The molecule has 3 fully saturated rings. The number of amides is 3. The lowest BCUT2D eigenvalue weighted by molar-refractivity contribution is -0.146. The van der Waals surface area contributed by atoms with Crippen molar-refractivity contribution in [2.45, 2.75) is 83.6 Å². The highest BCUT2D eigenvalue weighted by Crippen LogP contribution is 2.65. The fourth-order valence-electron chi connectivity index (χ4n) is 7.53. The molecule has 2 aromatic carbocycles. The third-order valence-electron chi connectivity index (χ3n) is 9.69. The lowest BCUT2D eigenvalue weighted by Gasteiger charge is -2.36. The number of benzene rings is 2. The van der Waals surface area contributed by atoms with Crippen LogP contribution in [-0.4, -0.2) is 58.1 Å². The molecule has 41 heavy (non-hydrogen) atoms. The second kappa shape index (κ2) is 11.6. The van der Waals surface area contributed by atoms with Gasteiger partial charge < -0.3 is 25.4 Å². The van der Waals surface area contributed by atoms with Gasteiger partial charge in [-0.25, -0.2) is 0 Å². The summed E-state index contributed by atoms with van der Waals surface area (Å²) in [5.74, 6) is -2.09. The van der Waals surface area contributed by atoms with Crippen LogP contribution in [0.2, 0.25) is 0 Å². The van der Waals surface area contributed by atoms with E-state index in [9.17, 15) is 19.5 Å². The van der Waals surface area contributed by atoms with Crippen LogP contribution in [0, 0.1) is 31.6 Å². The normalized spacial score (nSPS) is 30.0. The Morgan fingerprint density at radius 3 is 2.37 bits per heavy atom. The highest BCUT2D eigenvalue weighted by atomic mass is 16.5. The van der Waals surface area contributed by atoms with Gasteiger partial charge in [-0.3, -0.25) is 14.4 Å².